The summed E-state index contributed by atoms with van der Waals surface area (Å²) >= 11 is 0. The van der Waals surface area contributed by atoms with E-state index in [0.29, 0.717) is 6.42 Å². The van der Waals surface area contributed by atoms with Gasteiger partial charge in [0.25, 0.3) is 0 Å². The van der Waals surface area contributed by atoms with Gasteiger partial charge in [0, 0.05) is 6.42 Å². The van der Waals surface area contributed by atoms with Gasteiger partial charge in [0.2, 0.25) is 5.91 Å². The van der Waals surface area contributed by atoms with Crippen molar-refractivity contribution in [1.29, 1.82) is 0 Å². The number of amides is 1. The van der Waals surface area contributed by atoms with Crippen molar-refractivity contribution >= 4 is 17.8 Å². The molecule has 0 atom stereocenters. The van der Waals surface area contributed by atoms with Crippen LogP contribution in [0.25, 0.3) is 0 Å². The Labute approximate surface area is 163 Å². The summed E-state index contributed by atoms with van der Waals surface area (Å²) in [6.07, 6.45) is 2.27. The molecule has 0 bridgehead atoms. The lowest BCUT2D eigenvalue weighted by atomic mass is 10.1. The van der Waals surface area contributed by atoms with Crippen LogP contribution in [0, 0.1) is 0 Å². The van der Waals surface area contributed by atoms with Crippen molar-refractivity contribution < 1.29 is 42.2 Å². The first-order valence-electron chi connectivity index (χ1n) is 8.96. The van der Waals surface area contributed by atoms with Crippen LogP contribution in [-0.2, 0) is 24.0 Å². The molecule has 0 unspecified atom stereocenters. The van der Waals surface area contributed by atoms with Gasteiger partial charge in [0.15, 0.2) is 0 Å². The predicted octanol–water partition coefficient (Wildman–Crippen LogP) is 2.52. The zero-order valence-corrected chi connectivity index (χ0v) is 16.6. The average Bonchev–Trinajstić information content (AvgIpc) is 2.63. The fourth-order valence-electron chi connectivity index (χ4n) is 2.02. The number of hydrogen-bond acceptors (Lipinski definition) is 6. The van der Waals surface area contributed by atoms with Gasteiger partial charge < -0.3 is 15.2 Å². The Morgan fingerprint density at radius 3 is 1.89 bits per heavy atom. The van der Waals surface area contributed by atoms with Gasteiger partial charge in [-0.25, -0.2) is 9.86 Å². The summed E-state index contributed by atoms with van der Waals surface area (Å²) in [5.74, 6) is -3.17. The molecule has 0 aliphatic rings. The van der Waals surface area contributed by atoms with Gasteiger partial charge in [0.05, 0.1) is 27.2 Å². The van der Waals surface area contributed by atoms with Crippen LogP contribution in [-0.4, -0.2) is 68.5 Å². The number of nitrogens with one attached hydrogen (secondary N) is 1. The summed E-state index contributed by atoms with van der Waals surface area (Å²) in [4.78, 5) is 36.8. The van der Waals surface area contributed by atoms with Crippen LogP contribution in [0.4, 0.5) is 13.2 Å². The molecule has 0 aromatic rings. The number of esters is 1. The molecule has 2 N–H and O–H groups in total. The van der Waals surface area contributed by atoms with Crippen LogP contribution in [0.3, 0.4) is 0 Å². The van der Waals surface area contributed by atoms with Crippen molar-refractivity contribution in [3.05, 3.63) is 0 Å². The van der Waals surface area contributed by atoms with Gasteiger partial charge in [-0.3, -0.25) is 14.4 Å². The first kappa shape index (κ1) is 28.3. The van der Waals surface area contributed by atoms with Crippen LogP contribution in [0.1, 0.15) is 51.4 Å². The van der Waals surface area contributed by atoms with Crippen LogP contribution >= 0.6 is 0 Å². The van der Waals surface area contributed by atoms with E-state index in [1.807, 2.05) is 7.05 Å². The van der Waals surface area contributed by atoms with Crippen LogP contribution in [0.5, 0.6) is 0 Å². The SMILES string of the molecule is CNCCCCCCCCC(=O)N(CCC(=O)OC)OC.O=C(O)C(F)(F)F. The van der Waals surface area contributed by atoms with E-state index in [2.05, 4.69) is 10.1 Å². The number of rotatable bonds is 13. The molecule has 166 valence electrons. The Kier molecular flexibility index (Phi) is 17.4. The van der Waals surface area contributed by atoms with Gasteiger partial charge >= 0.3 is 18.1 Å². The fraction of sp³-hybridized carbons (Fsp3) is 0.824. The number of alkyl halides is 3. The second kappa shape index (κ2) is 17.2. The number of halogens is 3. The van der Waals surface area contributed by atoms with Crippen molar-refractivity contribution in [3.8, 4) is 0 Å². The molecule has 0 saturated heterocycles. The van der Waals surface area contributed by atoms with E-state index in [4.69, 9.17) is 14.7 Å². The quantitative estimate of drug-likeness (QED) is 0.270. The molecule has 0 heterocycles. The third-order valence-electron chi connectivity index (χ3n) is 3.56. The number of hydroxylamine groups is 2. The maximum Gasteiger partial charge on any atom is 0.490 e. The van der Waals surface area contributed by atoms with E-state index in [1.54, 1.807) is 0 Å². The standard InChI is InChI=1S/C15H30N2O4.C2HF3O2/c1-16-12-9-7-5-4-6-8-10-14(18)17(21-3)13-11-15(19)20-2;3-2(4,5)1(6)7/h16H,4-13H2,1-3H3;(H,6,7). The number of unbranched alkanes of at least 4 members (excludes halogenated alkanes) is 5. The third-order valence-corrected chi connectivity index (χ3v) is 3.56. The van der Waals surface area contributed by atoms with Gasteiger partial charge in [-0.1, -0.05) is 25.7 Å². The van der Waals surface area contributed by atoms with E-state index in [-0.39, 0.29) is 24.8 Å². The second-order valence-corrected chi connectivity index (χ2v) is 5.78. The van der Waals surface area contributed by atoms with Gasteiger partial charge in [0.1, 0.15) is 0 Å². The van der Waals surface area contributed by atoms with Crippen LogP contribution in [0.2, 0.25) is 0 Å². The molecule has 28 heavy (non-hydrogen) atoms. The lowest BCUT2D eigenvalue weighted by molar-refractivity contribution is -0.192. The zero-order chi connectivity index (χ0) is 22.0. The molecule has 0 aromatic carbocycles. The maximum atomic E-state index is 11.9. The highest BCUT2D eigenvalue weighted by molar-refractivity contribution is 5.76. The van der Waals surface area contributed by atoms with E-state index < -0.39 is 12.1 Å². The average molecular weight is 416 g/mol. The van der Waals surface area contributed by atoms with E-state index in [9.17, 15) is 22.8 Å². The molecular formula is C17H31F3N2O6. The normalized spacial score (nSPS) is 10.6. The second-order valence-electron chi connectivity index (χ2n) is 5.78. The van der Waals surface area contributed by atoms with Crippen molar-refractivity contribution in [2.45, 2.75) is 57.5 Å². The Balaban J connectivity index is 0. The van der Waals surface area contributed by atoms with Crippen LogP contribution in [0.15, 0.2) is 0 Å². The summed E-state index contributed by atoms with van der Waals surface area (Å²) in [6.45, 7) is 1.31. The molecule has 1 amide bonds. The molecule has 0 spiro atoms. The molecule has 0 radical (unpaired) electrons. The molecule has 0 aromatic heterocycles. The lowest BCUT2D eigenvalue weighted by Crippen LogP contribution is -2.32. The zero-order valence-electron chi connectivity index (χ0n) is 16.6. The van der Waals surface area contributed by atoms with Gasteiger partial charge in [-0.2, -0.15) is 13.2 Å². The first-order chi connectivity index (χ1) is 13.1. The highest BCUT2D eigenvalue weighted by atomic mass is 19.4. The summed E-state index contributed by atoms with van der Waals surface area (Å²) in [7, 11) is 4.74. The monoisotopic (exact) mass is 416 g/mol. The number of nitrogens with zero attached hydrogens (tertiary/aromatic N) is 1. The Hall–Kier alpha value is -1.88. The largest absolute Gasteiger partial charge is 0.490 e. The number of methoxy groups -OCH3 is 1. The highest BCUT2D eigenvalue weighted by Crippen LogP contribution is 2.13. The Bertz CT molecular complexity index is 447. The van der Waals surface area contributed by atoms with E-state index in [0.717, 1.165) is 25.8 Å². The summed E-state index contributed by atoms with van der Waals surface area (Å²) in [5.41, 5.74) is 0. The van der Waals surface area contributed by atoms with Crippen molar-refractivity contribution in [2.75, 3.05) is 34.4 Å². The fourth-order valence-corrected chi connectivity index (χ4v) is 2.02. The number of carbonyl (C=O) groups excluding carboxylic acids is 2. The van der Waals surface area contributed by atoms with Crippen molar-refractivity contribution in [2.24, 2.45) is 0 Å². The maximum absolute atomic E-state index is 11.9. The molecular weight excluding hydrogens is 385 g/mol. The number of ether oxygens (including phenoxy) is 1. The first-order valence-corrected chi connectivity index (χ1v) is 8.96. The summed E-state index contributed by atoms with van der Waals surface area (Å²) in [6, 6.07) is 0. The van der Waals surface area contributed by atoms with Crippen LogP contribution < -0.4 is 5.32 Å². The number of carboxylic acid groups (broad SMARTS) is 1. The summed E-state index contributed by atoms with van der Waals surface area (Å²) < 4.78 is 36.3. The smallest absolute Gasteiger partial charge is 0.475 e. The minimum absolute atomic E-state index is 0.0726. The van der Waals surface area contributed by atoms with Crippen molar-refractivity contribution in [1.82, 2.24) is 10.4 Å². The molecule has 0 aliphatic heterocycles. The minimum atomic E-state index is -5.08. The number of carboxylic acids is 1. The molecule has 0 aliphatic carbocycles. The van der Waals surface area contributed by atoms with Gasteiger partial charge in [-0.05, 0) is 26.4 Å². The minimum Gasteiger partial charge on any atom is -0.475 e. The topological polar surface area (TPSA) is 105 Å². The Morgan fingerprint density at radius 1 is 0.964 bits per heavy atom. The lowest BCUT2D eigenvalue weighted by Gasteiger charge is -2.18. The van der Waals surface area contributed by atoms with Gasteiger partial charge in [-0.15, -0.1) is 0 Å². The summed E-state index contributed by atoms with van der Waals surface area (Å²) in [5, 5.41) is 11.5. The highest BCUT2D eigenvalue weighted by Gasteiger charge is 2.38. The van der Waals surface area contributed by atoms with Crippen molar-refractivity contribution in [3.63, 3.8) is 0 Å². The molecule has 11 heteroatoms. The van der Waals surface area contributed by atoms with E-state index >= 15 is 0 Å². The third kappa shape index (κ3) is 17.5. The van der Waals surface area contributed by atoms with E-state index in [1.165, 1.54) is 38.5 Å². The Morgan fingerprint density at radius 2 is 1.46 bits per heavy atom. The molecule has 0 saturated carbocycles. The number of hydrogen-bond donors (Lipinski definition) is 2. The number of aliphatic carboxylic acids is 1. The number of carbonyl (C=O) groups is 3. The molecule has 0 fully saturated rings. The molecule has 8 nitrogen and oxygen atoms in total. The molecule has 0 rings (SSSR count). The predicted molar refractivity (Wildman–Crippen MR) is 95.3 cm³/mol.